The predicted molar refractivity (Wildman–Crippen MR) is 77.6 cm³/mol. The first-order chi connectivity index (χ1) is 10.6. The van der Waals surface area contributed by atoms with Gasteiger partial charge in [-0.1, -0.05) is 30.3 Å². The zero-order valence-corrected chi connectivity index (χ0v) is 11.5. The summed E-state index contributed by atoms with van der Waals surface area (Å²) in [6, 6.07) is 14.4. The van der Waals surface area contributed by atoms with Gasteiger partial charge in [0.15, 0.2) is 0 Å². The van der Waals surface area contributed by atoms with Crippen molar-refractivity contribution in [2.75, 3.05) is 0 Å². The molecule has 0 saturated carbocycles. The Morgan fingerprint density at radius 2 is 1.82 bits per heavy atom. The lowest BCUT2D eigenvalue weighted by Crippen LogP contribution is -2.20. The molecule has 6 heteroatoms. The van der Waals surface area contributed by atoms with Crippen molar-refractivity contribution in [1.29, 1.82) is 0 Å². The van der Waals surface area contributed by atoms with Gasteiger partial charge in [-0.05, 0) is 29.8 Å². The van der Waals surface area contributed by atoms with Crippen molar-refractivity contribution in [3.8, 4) is 11.5 Å². The summed E-state index contributed by atoms with van der Waals surface area (Å²) in [6.45, 7) is -0.0203. The van der Waals surface area contributed by atoms with Gasteiger partial charge in [0, 0.05) is 5.56 Å². The van der Waals surface area contributed by atoms with Crippen LogP contribution < -0.4 is 5.76 Å². The molecule has 1 atom stereocenters. The van der Waals surface area contributed by atoms with Crippen LogP contribution in [0.2, 0.25) is 0 Å². The number of aliphatic hydroxyl groups excluding tert-OH is 1. The first kappa shape index (κ1) is 14.2. The average Bonchev–Trinajstić information content (AvgIpc) is 2.90. The maximum absolute atomic E-state index is 12.9. The molecule has 0 spiro atoms. The summed E-state index contributed by atoms with van der Waals surface area (Å²) in [7, 11) is 0. The normalized spacial score (nSPS) is 12.3. The van der Waals surface area contributed by atoms with Crippen molar-refractivity contribution in [2.24, 2.45) is 0 Å². The number of aromatic nitrogens is 2. The summed E-state index contributed by atoms with van der Waals surface area (Å²) in [6.07, 6.45) is -0.870. The van der Waals surface area contributed by atoms with Crippen LogP contribution in [0.5, 0.6) is 0 Å². The van der Waals surface area contributed by atoms with Crippen LogP contribution in [0, 0.1) is 5.82 Å². The molecule has 2 aromatic carbocycles. The standard InChI is InChI=1S/C16H13FN2O3/c17-13-8-6-12(7-9-13)15-18-19(16(21)22-15)10-14(20)11-4-2-1-3-5-11/h1-9,14,20H,10H2. The third kappa shape index (κ3) is 2.96. The summed E-state index contributed by atoms with van der Waals surface area (Å²) < 4.78 is 19.0. The molecule has 0 radical (unpaired) electrons. The largest absolute Gasteiger partial charge is 0.437 e. The molecule has 0 aliphatic heterocycles. The molecule has 3 rings (SSSR count). The fraction of sp³-hybridized carbons (Fsp3) is 0.125. The molecule has 1 N–H and O–H groups in total. The SMILES string of the molecule is O=c1oc(-c2ccc(F)cc2)nn1CC(O)c1ccccc1. The van der Waals surface area contributed by atoms with Crippen molar-refractivity contribution in [1.82, 2.24) is 9.78 Å². The van der Waals surface area contributed by atoms with Gasteiger partial charge in [-0.3, -0.25) is 0 Å². The molecule has 1 aromatic heterocycles. The molecule has 0 amide bonds. The summed E-state index contributed by atoms with van der Waals surface area (Å²) in [5.41, 5.74) is 1.17. The summed E-state index contributed by atoms with van der Waals surface area (Å²) >= 11 is 0. The molecular formula is C16H13FN2O3. The number of nitrogens with zero attached hydrogens (tertiary/aromatic N) is 2. The van der Waals surface area contributed by atoms with Crippen LogP contribution >= 0.6 is 0 Å². The number of benzene rings is 2. The van der Waals surface area contributed by atoms with Crippen LogP contribution in [0.1, 0.15) is 11.7 Å². The third-order valence-corrected chi connectivity index (χ3v) is 3.23. The second-order valence-electron chi connectivity index (χ2n) is 4.79. The van der Waals surface area contributed by atoms with E-state index in [4.69, 9.17) is 4.42 Å². The van der Waals surface area contributed by atoms with Gasteiger partial charge >= 0.3 is 5.76 Å². The van der Waals surface area contributed by atoms with Crippen LogP contribution in [0.3, 0.4) is 0 Å². The van der Waals surface area contributed by atoms with Gasteiger partial charge in [0.05, 0.1) is 12.6 Å². The third-order valence-electron chi connectivity index (χ3n) is 3.23. The van der Waals surface area contributed by atoms with Gasteiger partial charge in [-0.2, -0.15) is 4.68 Å². The highest BCUT2D eigenvalue weighted by Gasteiger charge is 2.15. The Kier molecular flexibility index (Phi) is 3.84. The minimum absolute atomic E-state index is 0.0203. The number of hydrogen-bond acceptors (Lipinski definition) is 4. The Morgan fingerprint density at radius 3 is 2.50 bits per heavy atom. The average molecular weight is 300 g/mol. The van der Waals surface area contributed by atoms with E-state index in [0.717, 1.165) is 4.68 Å². The van der Waals surface area contributed by atoms with Crippen molar-refractivity contribution < 1.29 is 13.9 Å². The molecule has 1 unspecified atom stereocenters. The smallest absolute Gasteiger partial charge is 0.388 e. The first-order valence-corrected chi connectivity index (χ1v) is 6.70. The lowest BCUT2D eigenvalue weighted by atomic mass is 10.1. The van der Waals surface area contributed by atoms with Gasteiger partial charge in [0.1, 0.15) is 5.82 Å². The lowest BCUT2D eigenvalue weighted by Gasteiger charge is -2.09. The monoisotopic (exact) mass is 300 g/mol. The number of aliphatic hydroxyl groups is 1. The fourth-order valence-corrected chi connectivity index (χ4v) is 2.08. The number of hydrogen-bond donors (Lipinski definition) is 1. The van der Waals surface area contributed by atoms with Gasteiger partial charge < -0.3 is 9.52 Å². The minimum atomic E-state index is -0.870. The maximum atomic E-state index is 12.9. The lowest BCUT2D eigenvalue weighted by molar-refractivity contribution is 0.148. The Labute approximate surface area is 125 Å². The Balaban J connectivity index is 1.84. The topological polar surface area (TPSA) is 68.3 Å². The maximum Gasteiger partial charge on any atom is 0.437 e. The molecule has 0 saturated heterocycles. The van der Waals surface area contributed by atoms with E-state index in [1.165, 1.54) is 24.3 Å². The van der Waals surface area contributed by atoms with E-state index in [-0.39, 0.29) is 18.3 Å². The van der Waals surface area contributed by atoms with Crippen molar-refractivity contribution in [2.45, 2.75) is 12.6 Å². The van der Waals surface area contributed by atoms with Crippen LogP contribution in [-0.4, -0.2) is 14.9 Å². The number of rotatable bonds is 4. The van der Waals surface area contributed by atoms with Gasteiger partial charge in [-0.15, -0.1) is 5.10 Å². The van der Waals surface area contributed by atoms with Crippen LogP contribution in [-0.2, 0) is 6.54 Å². The fourth-order valence-electron chi connectivity index (χ4n) is 2.08. The predicted octanol–water partition coefficient (Wildman–Crippen LogP) is 2.38. The molecular weight excluding hydrogens is 287 g/mol. The first-order valence-electron chi connectivity index (χ1n) is 6.70. The van der Waals surface area contributed by atoms with E-state index in [1.807, 2.05) is 6.07 Å². The number of halogens is 1. The zero-order valence-electron chi connectivity index (χ0n) is 11.5. The van der Waals surface area contributed by atoms with Crippen molar-refractivity contribution in [3.05, 3.63) is 76.5 Å². The van der Waals surface area contributed by atoms with E-state index in [0.29, 0.717) is 11.1 Å². The van der Waals surface area contributed by atoms with E-state index in [2.05, 4.69) is 5.10 Å². The summed E-state index contributed by atoms with van der Waals surface area (Å²) in [5, 5.41) is 14.2. The molecule has 0 fully saturated rings. The second-order valence-corrected chi connectivity index (χ2v) is 4.79. The zero-order chi connectivity index (χ0) is 15.5. The Bertz CT molecular complexity index is 809. The molecule has 112 valence electrons. The quantitative estimate of drug-likeness (QED) is 0.803. The second kappa shape index (κ2) is 5.95. The van der Waals surface area contributed by atoms with Gasteiger partial charge in [0.2, 0.25) is 5.89 Å². The van der Waals surface area contributed by atoms with E-state index in [9.17, 15) is 14.3 Å². The molecule has 5 nitrogen and oxygen atoms in total. The van der Waals surface area contributed by atoms with Crippen molar-refractivity contribution in [3.63, 3.8) is 0 Å². The molecule has 1 heterocycles. The van der Waals surface area contributed by atoms with Crippen LogP contribution in [0.15, 0.2) is 63.8 Å². The van der Waals surface area contributed by atoms with Gasteiger partial charge in [0.25, 0.3) is 0 Å². The molecule has 0 bridgehead atoms. The summed E-state index contributed by atoms with van der Waals surface area (Å²) in [5.74, 6) is -0.968. The van der Waals surface area contributed by atoms with Crippen molar-refractivity contribution >= 4 is 0 Å². The highest BCUT2D eigenvalue weighted by molar-refractivity contribution is 5.51. The molecule has 22 heavy (non-hydrogen) atoms. The highest BCUT2D eigenvalue weighted by Crippen LogP contribution is 2.17. The van der Waals surface area contributed by atoms with E-state index in [1.54, 1.807) is 24.3 Å². The summed E-state index contributed by atoms with van der Waals surface area (Å²) in [4.78, 5) is 11.8. The minimum Gasteiger partial charge on any atom is -0.388 e. The Hall–Kier alpha value is -2.73. The molecule has 0 aliphatic carbocycles. The highest BCUT2D eigenvalue weighted by atomic mass is 19.1. The molecule has 0 aliphatic rings. The van der Waals surface area contributed by atoms with E-state index < -0.39 is 11.9 Å². The van der Waals surface area contributed by atoms with Gasteiger partial charge in [-0.25, -0.2) is 9.18 Å². The van der Waals surface area contributed by atoms with Crippen LogP contribution in [0.4, 0.5) is 4.39 Å². The van der Waals surface area contributed by atoms with E-state index >= 15 is 0 Å². The van der Waals surface area contributed by atoms with Crippen LogP contribution in [0.25, 0.3) is 11.5 Å². The Morgan fingerprint density at radius 1 is 1.14 bits per heavy atom. The molecule has 3 aromatic rings.